The van der Waals surface area contributed by atoms with Gasteiger partial charge in [-0.15, -0.1) is 0 Å². The topological polar surface area (TPSA) is 58.6 Å². The van der Waals surface area contributed by atoms with E-state index in [4.69, 9.17) is 4.74 Å². The van der Waals surface area contributed by atoms with E-state index in [1.54, 1.807) is 0 Å². The molecule has 1 saturated carbocycles. The number of amides is 1. The molecule has 0 aromatic heterocycles. The molecule has 1 aromatic rings. The van der Waals surface area contributed by atoms with Crippen molar-refractivity contribution >= 4 is 5.91 Å². The second kappa shape index (κ2) is 6.39. The number of benzene rings is 1. The highest BCUT2D eigenvalue weighted by atomic mass is 16.5. The lowest BCUT2D eigenvalue weighted by Gasteiger charge is -2.43. The summed E-state index contributed by atoms with van der Waals surface area (Å²) in [6.07, 6.45) is 5.26. The average molecular weight is 303 g/mol. The number of aryl methyl sites for hydroxylation is 2. The monoisotopic (exact) mass is 303 g/mol. The summed E-state index contributed by atoms with van der Waals surface area (Å²) in [6, 6.07) is 6.36. The summed E-state index contributed by atoms with van der Waals surface area (Å²) in [6.45, 7) is 2.95. The van der Waals surface area contributed by atoms with Crippen molar-refractivity contribution in [2.75, 3.05) is 13.2 Å². The SMILES string of the molecule is CCOC1CC(O)(CNC(=O)Cc2ccc3c(c2)CCC3)C1. The molecule has 2 N–H and O–H groups in total. The highest BCUT2D eigenvalue weighted by Crippen LogP contribution is 2.33. The van der Waals surface area contributed by atoms with Crippen LogP contribution in [0.2, 0.25) is 0 Å². The molecule has 0 spiro atoms. The van der Waals surface area contributed by atoms with Gasteiger partial charge in [0, 0.05) is 26.0 Å². The smallest absolute Gasteiger partial charge is 0.224 e. The summed E-state index contributed by atoms with van der Waals surface area (Å²) in [7, 11) is 0. The van der Waals surface area contributed by atoms with Gasteiger partial charge < -0.3 is 15.2 Å². The van der Waals surface area contributed by atoms with Crippen LogP contribution in [-0.2, 0) is 28.8 Å². The predicted octanol–water partition coefficient (Wildman–Crippen LogP) is 1.76. The highest BCUT2D eigenvalue weighted by molar-refractivity contribution is 5.78. The first-order valence-corrected chi connectivity index (χ1v) is 8.29. The van der Waals surface area contributed by atoms with E-state index in [1.165, 1.54) is 17.5 Å². The molecule has 0 saturated heterocycles. The third kappa shape index (κ3) is 3.50. The zero-order valence-electron chi connectivity index (χ0n) is 13.2. The molecule has 22 heavy (non-hydrogen) atoms. The Kier molecular flexibility index (Phi) is 4.50. The molecule has 4 nitrogen and oxygen atoms in total. The third-order valence-corrected chi connectivity index (χ3v) is 4.76. The molecule has 1 amide bonds. The van der Waals surface area contributed by atoms with Gasteiger partial charge in [0.15, 0.2) is 0 Å². The quantitative estimate of drug-likeness (QED) is 0.842. The Morgan fingerprint density at radius 1 is 1.36 bits per heavy atom. The number of fused-ring (bicyclic) bond motifs is 1. The average Bonchev–Trinajstić information content (AvgIpc) is 2.91. The fourth-order valence-electron chi connectivity index (χ4n) is 3.53. The normalized spacial score (nSPS) is 26.4. The standard InChI is InChI=1S/C18H25NO3/c1-2-22-16-10-18(21,11-16)12-19-17(20)9-13-6-7-14-4-3-5-15(14)8-13/h6-8,16,21H,2-5,9-12H2,1H3,(H,19,20). The van der Waals surface area contributed by atoms with Gasteiger partial charge in [-0.25, -0.2) is 0 Å². The molecular formula is C18H25NO3. The van der Waals surface area contributed by atoms with E-state index in [-0.39, 0.29) is 12.0 Å². The zero-order chi connectivity index (χ0) is 15.6. The van der Waals surface area contributed by atoms with Crippen molar-refractivity contribution in [3.63, 3.8) is 0 Å². The molecule has 2 aliphatic carbocycles. The lowest BCUT2D eigenvalue weighted by Crippen LogP contribution is -2.55. The molecule has 4 heteroatoms. The minimum atomic E-state index is -0.784. The van der Waals surface area contributed by atoms with Crippen molar-refractivity contribution in [1.29, 1.82) is 0 Å². The molecule has 0 unspecified atom stereocenters. The van der Waals surface area contributed by atoms with Crippen molar-refractivity contribution < 1.29 is 14.6 Å². The summed E-state index contributed by atoms with van der Waals surface area (Å²) >= 11 is 0. The van der Waals surface area contributed by atoms with Gasteiger partial charge in [0.05, 0.1) is 18.1 Å². The van der Waals surface area contributed by atoms with Crippen molar-refractivity contribution in [2.24, 2.45) is 0 Å². The van der Waals surface area contributed by atoms with Gasteiger partial charge in [0.1, 0.15) is 0 Å². The molecule has 3 rings (SSSR count). The van der Waals surface area contributed by atoms with Crippen LogP contribution in [0.1, 0.15) is 42.9 Å². The summed E-state index contributed by atoms with van der Waals surface area (Å²) in [4.78, 5) is 12.1. The second-order valence-electron chi connectivity index (χ2n) is 6.62. The summed E-state index contributed by atoms with van der Waals surface area (Å²) < 4.78 is 5.45. The van der Waals surface area contributed by atoms with E-state index >= 15 is 0 Å². The summed E-state index contributed by atoms with van der Waals surface area (Å²) in [5.74, 6) is -0.0220. The molecule has 0 aliphatic heterocycles. The largest absolute Gasteiger partial charge is 0.388 e. The molecule has 0 radical (unpaired) electrons. The lowest BCUT2D eigenvalue weighted by atomic mass is 9.77. The Hall–Kier alpha value is -1.39. The Labute approximate surface area is 131 Å². The third-order valence-electron chi connectivity index (χ3n) is 4.76. The molecular weight excluding hydrogens is 278 g/mol. The van der Waals surface area contributed by atoms with E-state index in [0.717, 1.165) is 18.4 Å². The van der Waals surface area contributed by atoms with Gasteiger partial charge >= 0.3 is 0 Å². The van der Waals surface area contributed by atoms with Crippen LogP contribution < -0.4 is 5.32 Å². The fourth-order valence-corrected chi connectivity index (χ4v) is 3.53. The first-order chi connectivity index (χ1) is 10.6. The number of hydrogen-bond donors (Lipinski definition) is 2. The highest BCUT2D eigenvalue weighted by Gasteiger charge is 2.43. The minimum absolute atomic E-state index is 0.0220. The number of rotatable bonds is 6. The lowest BCUT2D eigenvalue weighted by molar-refractivity contribution is -0.141. The maximum absolute atomic E-state index is 12.1. The van der Waals surface area contributed by atoms with E-state index in [2.05, 4.69) is 17.4 Å². The molecule has 1 fully saturated rings. The number of aliphatic hydroxyl groups is 1. The number of nitrogens with one attached hydrogen (secondary N) is 1. The van der Waals surface area contributed by atoms with Crippen LogP contribution >= 0.6 is 0 Å². The van der Waals surface area contributed by atoms with Gasteiger partial charge in [-0.1, -0.05) is 18.2 Å². The first kappa shape index (κ1) is 15.5. The minimum Gasteiger partial charge on any atom is -0.388 e. The molecule has 0 bridgehead atoms. The van der Waals surface area contributed by atoms with Crippen LogP contribution in [0.5, 0.6) is 0 Å². The number of carbonyl (C=O) groups excluding carboxylic acids is 1. The summed E-state index contributed by atoms with van der Waals surface area (Å²) in [5.41, 5.74) is 3.09. The second-order valence-corrected chi connectivity index (χ2v) is 6.62. The number of hydrogen-bond acceptors (Lipinski definition) is 3. The molecule has 120 valence electrons. The Balaban J connectivity index is 1.45. The van der Waals surface area contributed by atoms with Gasteiger partial charge in [-0.3, -0.25) is 4.79 Å². The number of ether oxygens (including phenoxy) is 1. The molecule has 1 aromatic carbocycles. The summed E-state index contributed by atoms with van der Waals surface area (Å²) in [5, 5.41) is 13.1. The Bertz CT molecular complexity index is 549. The molecule has 0 heterocycles. The zero-order valence-corrected chi connectivity index (χ0v) is 13.2. The maximum Gasteiger partial charge on any atom is 0.224 e. The van der Waals surface area contributed by atoms with E-state index in [0.29, 0.717) is 32.4 Å². The van der Waals surface area contributed by atoms with Crippen LogP contribution in [0.3, 0.4) is 0 Å². The predicted molar refractivity (Wildman–Crippen MR) is 84.8 cm³/mol. The van der Waals surface area contributed by atoms with Crippen molar-refractivity contribution in [3.05, 3.63) is 34.9 Å². The van der Waals surface area contributed by atoms with Gasteiger partial charge in [-0.2, -0.15) is 0 Å². The van der Waals surface area contributed by atoms with E-state index in [9.17, 15) is 9.90 Å². The Morgan fingerprint density at radius 3 is 2.91 bits per heavy atom. The van der Waals surface area contributed by atoms with E-state index in [1.807, 2.05) is 13.0 Å². The maximum atomic E-state index is 12.1. The van der Waals surface area contributed by atoms with Gasteiger partial charge in [0.25, 0.3) is 0 Å². The Morgan fingerprint density at radius 2 is 2.14 bits per heavy atom. The van der Waals surface area contributed by atoms with Crippen molar-refractivity contribution in [3.8, 4) is 0 Å². The van der Waals surface area contributed by atoms with Crippen LogP contribution in [0, 0.1) is 0 Å². The van der Waals surface area contributed by atoms with Crippen LogP contribution in [0.4, 0.5) is 0 Å². The van der Waals surface area contributed by atoms with Crippen molar-refractivity contribution in [2.45, 2.75) is 57.2 Å². The van der Waals surface area contributed by atoms with Gasteiger partial charge in [-0.05, 0) is 42.9 Å². The van der Waals surface area contributed by atoms with Crippen LogP contribution in [0.25, 0.3) is 0 Å². The fraction of sp³-hybridized carbons (Fsp3) is 0.611. The molecule has 2 aliphatic rings. The van der Waals surface area contributed by atoms with Crippen LogP contribution in [-0.4, -0.2) is 35.9 Å². The van der Waals surface area contributed by atoms with Crippen molar-refractivity contribution in [1.82, 2.24) is 5.32 Å². The van der Waals surface area contributed by atoms with Gasteiger partial charge in [0.2, 0.25) is 5.91 Å². The molecule has 0 atom stereocenters. The van der Waals surface area contributed by atoms with Crippen LogP contribution in [0.15, 0.2) is 18.2 Å². The number of carbonyl (C=O) groups is 1. The van der Waals surface area contributed by atoms with E-state index < -0.39 is 5.60 Å². The first-order valence-electron chi connectivity index (χ1n) is 8.29.